The molecule has 1 saturated heterocycles. The fourth-order valence-electron chi connectivity index (χ4n) is 4.84. The monoisotopic (exact) mass is 511 g/mol. The number of rotatable bonds is 6. The van der Waals surface area contributed by atoms with Gasteiger partial charge in [-0.3, -0.25) is 0 Å². The van der Waals surface area contributed by atoms with Crippen LogP contribution in [0.15, 0.2) is 22.7 Å². The summed E-state index contributed by atoms with van der Waals surface area (Å²) in [5.74, 6) is 1.63. The van der Waals surface area contributed by atoms with Gasteiger partial charge in [-0.25, -0.2) is 4.68 Å². The Morgan fingerprint density at radius 3 is 2.49 bits per heavy atom. The number of aryl methyl sites for hydroxylation is 1. The zero-order valence-electron chi connectivity index (χ0n) is 19.4. The van der Waals surface area contributed by atoms with Crippen molar-refractivity contribution in [1.29, 1.82) is 0 Å². The molecule has 5 rings (SSSR count). The second kappa shape index (κ2) is 8.89. The van der Waals surface area contributed by atoms with E-state index in [9.17, 15) is 13.2 Å². The molecule has 2 aliphatic rings. The number of fused-ring (bicyclic) bond motifs is 2. The fourth-order valence-corrected chi connectivity index (χ4v) is 5.07. The Kier molecular flexibility index (Phi) is 6.02. The van der Waals surface area contributed by atoms with Gasteiger partial charge in [-0.05, 0) is 63.6 Å². The predicted molar refractivity (Wildman–Crippen MR) is 122 cm³/mol. The van der Waals surface area contributed by atoms with Crippen LogP contribution in [-0.2, 0) is 6.18 Å². The number of hydrogen-bond donors (Lipinski definition) is 1. The molecule has 0 radical (unpaired) electrons. The Morgan fingerprint density at radius 1 is 1.17 bits per heavy atom. The van der Waals surface area contributed by atoms with E-state index in [4.69, 9.17) is 20.9 Å². The number of benzene rings is 1. The summed E-state index contributed by atoms with van der Waals surface area (Å²) >= 11 is 5.73. The fraction of sp³-hybridized carbons (Fsp3) is 0.545. The third-order valence-electron chi connectivity index (χ3n) is 6.46. The van der Waals surface area contributed by atoms with E-state index in [0.29, 0.717) is 29.6 Å². The Labute approximate surface area is 204 Å². The molecule has 3 atom stereocenters. The molecule has 3 heterocycles. The van der Waals surface area contributed by atoms with Crippen molar-refractivity contribution in [1.82, 2.24) is 24.9 Å². The van der Waals surface area contributed by atoms with Gasteiger partial charge in [-0.2, -0.15) is 23.1 Å². The average Bonchev–Trinajstić information content (AvgIpc) is 3.45. The first-order chi connectivity index (χ1) is 16.6. The molecule has 35 heavy (non-hydrogen) atoms. The second-order valence-corrected chi connectivity index (χ2v) is 9.70. The molecule has 13 heteroatoms. The van der Waals surface area contributed by atoms with Crippen LogP contribution in [-0.4, -0.2) is 44.0 Å². The van der Waals surface area contributed by atoms with Gasteiger partial charge in [0.15, 0.2) is 5.82 Å². The van der Waals surface area contributed by atoms with E-state index in [1.54, 1.807) is 11.6 Å². The number of aromatic nitrogens is 5. The highest BCUT2D eigenvalue weighted by Gasteiger charge is 2.44. The van der Waals surface area contributed by atoms with Crippen molar-refractivity contribution >= 4 is 23.6 Å². The summed E-state index contributed by atoms with van der Waals surface area (Å²) in [6, 6.07) is 4.07. The van der Waals surface area contributed by atoms with Gasteiger partial charge >= 0.3 is 18.2 Å². The van der Waals surface area contributed by atoms with E-state index < -0.39 is 16.8 Å². The van der Waals surface area contributed by atoms with Crippen molar-refractivity contribution in [3.05, 3.63) is 34.6 Å². The first-order valence-corrected chi connectivity index (χ1v) is 11.8. The van der Waals surface area contributed by atoms with Gasteiger partial charge in [0.1, 0.15) is 5.75 Å². The number of anilines is 2. The molecule has 1 N–H and O–H groups in total. The van der Waals surface area contributed by atoms with Crippen molar-refractivity contribution in [3.8, 4) is 11.8 Å². The Balaban J connectivity index is 1.34. The lowest BCUT2D eigenvalue weighted by Gasteiger charge is -2.37. The SMILES string of the molecule is Cc1noc(N2C[C@H]3CC[C@@H](C2)[C@@H]3Nc2nc(Oc3ccc(Cl)c(C(F)(F)F)c3)n(C(C)C)n2)n1. The van der Waals surface area contributed by atoms with E-state index in [1.165, 1.54) is 6.07 Å². The molecule has 9 nitrogen and oxygen atoms in total. The second-order valence-electron chi connectivity index (χ2n) is 9.29. The van der Waals surface area contributed by atoms with Crippen LogP contribution in [0.3, 0.4) is 0 Å². The van der Waals surface area contributed by atoms with Crippen LogP contribution in [0.25, 0.3) is 0 Å². The standard InChI is InChI=1S/C22H25ClF3N7O2/c1-11(2)33-21(34-15-6-7-17(23)16(8-15)22(24,25)26)29-19(30-33)28-18-13-4-5-14(18)10-32(9-13)20-27-12(3)31-35-20/h6-8,11,13-14,18H,4-5,9-10H2,1-3H3,(H,28,30)/t13-,14+,18-. The number of hydrogen-bond acceptors (Lipinski definition) is 8. The lowest BCUT2D eigenvalue weighted by Crippen LogP contribution is -2.48. The van der Waals surface area contributed by atoms with Crippen molar-refractivity contribution < 1.29 is 22.4 Å². The van der Waals surface area contributed by atoms with Gasteiger partial charge in [0.05, 0.1) is 16.6 Å². The molecule has 1 saturated carbocycles. The van der Waals surface area contributed by atoms with E-state index in [-0.39, 0.29) is 23.8 Å². The molecule has 1 aromatic carbocycles. The van der Waals surface area contributed by atoms with Crippen LogP contribution >= 0.6 is 11.6 Å². The van der Waals surface area contributed by atoms with Crippen LogP contribution in [0, 0.1) is 18.8 Å². The summed E-state index contributed by atoms with van der Waals surface area (Å²) in [6.07, 6.45) is -2.50. The first kappa shape index (κ1) is 23.7. The molecule has 1 aliphatic carbocycles. The largest absolute Gasteiger partial charge is 0.424 e. The molecule has 188 valence electrons. The molecule has 2 bridgehead atoms. The van der Waals surface area contributed by atoms with Crippen LogP contribution in [0.1, 0.15) is 44.1 Å². The van der Waals surface area contributed by atoms with Crippen molar-refractivity contribution in [2.75, 3.05) is 23.3 Å². The summed E-state index contributed by atoms with van der Waals surface area (Å²) in [6.45, 7) is 7.12. The Morgan fingerprint density at radius 2 is 1.89 bits per heavy atom. The zero-order chi connectivity index (χ0) is 24.9. The highest BCUT2D eigenvalue weighted by atomic mass is 35.5. The van der Waals surface area contributed by atoms with Crippen LogP contribution < -0.4 is 15.0 Å². The molecular formula is C22H25ClF3N7O2. The highest BCUT2D eigenvalue weighted by Crippen LogP contribution is 2.41. The van der Waals surface area contributed by atoms with E-state index >= 15 is 0 Å². The third-order valence-corrected chi connectivity index (χ3v) is 6.79. The molecule has 2 aromatic heterocycles. The Bertz CT molecular complexity index is 1200. The van der Waals surface area contributed by atoms with E-state index in [2.05, 4.69) is 30.4 Å². The van der Waals surface area contributed by atoms with Crippen LogP contribution in [0.4, 0.5) is 25.1 Å². The maximum Gasteiger partial charge on any atom is 0.417 e. The predicted octanol–water partition coefficient (Wildman–Crippen LogP) is 5.34. The number of halogens is 4. The summed E-state index contributed by atoms with van der Waals surface area (Å²) in [7, 11) is 0. The molecule has 3 aromatic rings. The summed E-state index contributed by atoms with van der Waals surface area (Å²) in [5, 5.41) is 11.5. The Hall–Kier alpha value is -3.02. The maximum atomic E-state index is 13.3. The maximum absolute atomic E-state index is 13.3. The van der Waals surface area contributed by atoms with Crippen LogP contribution in [0.2, 0.25) is 5.02 Å². The zero-order valence-corrected chi connectivity index (χ0v) is 20.1. The van der Waals surface area contributed by atoms with Crippen molar-refractivity contribution in [2.45, 2.75) is 51.9 Å². The van der Waals surface area contributed by atoms with Gasteiger partial charge in [-0.15, -0.1) is 5.10 Å². The molecular weight excluding hydrogens is 487 g/mol. The first-order valence-electron chi connectivity index (χ1n) is 11.4. The number of ether oxygens (including phenoxy) is 1. The number of nitrogens with zero attached hydrogens (tertiary/aromatic N) is 6. The molecule has 0 amide bonds. The van der Waals surface area contributed by atoms with E-state index in [1.807, 2.05) is 13.8 Å². The highest BCUT2D eigenvalue weighted by molar-refractivity contribution is 6.31. The molecule has 2 fully saturated rings. The smallest absolute Gasteiger partial charge is 0.417 e. The molecule has 0 unspecified atom stereocenters. The normalized spacial score (nSPS) is 22.2. The van der Waals surface area contributed by atoms with Gasteiger partial charge in [-0.1, -0.05) is 16.8 Å². The minimum absolute atomic E-state index is 0.0224. The van der Waals surface area contributed by atoms with Gasteiger partial charge in [0, 0.05) is 19.1 Å². The lowest BCUT2D eigenvalue weighted by atomic mass is 9.92. The molecule has 0 spiro atoms. The minimum Gasteiger partial charge on any atom is -0.424 e. The third kappa shape index (κ3) is 4.75. The van der Waals surface area contributed by atoms with Crippen molar-refractivity contribution in [2.24, 2.45) is 11.8 Å². The van der Waals surface area contributed by atoms with Crippen LogP contribution in [0.5, 0.6) is 11.8 Å². The summed E-state index contributed by atoms with van der Waals surface area (Å²) in [5.41, 5.74) is -0.967. The average molecular weight is 512 g/mol. The van der Waals surface area contributed by atoms with Gasteiger partial charge < -0.3 is 19.5 Å². The van der Waals surface area contributed by atoms with Crippen molar-refractivity contribution in [3.63, 3.8) is 0 Å². The number of nitrogens with one attached hydrogen (secondary N) is 1. The summed E-state index contributed by atoms with van der Waals surface area (Å²) in [4.78, 5) is 10.9. The minimum atomic E-state index is -4.59. The van der Waals surface area contributed by atoms with Gasteiger partial charge in [0.25, 0.3) is 0 Å². The van der Waals surface area contributed by atoms with E-state index in [0.717, 1.165) is 38.1 Å². The number of piperidine rings is 1. The van der Waals surface area contributed by atoms with Gasteiger partial charge in [0.2, 0.25) is 5.95 Å². The lowest BCUT2D eigenvalue weighted by molar-refractivity contribution is -0.137. The molecule has 1 aliphatic heterocycles. The summed E-state index contributed by atoms with van der Waals surface area (Å²) < 4.78 is 52.4. The quantitative estimate of drug-likeness (QED) is 0.474. The number of alkyl halides is 3. The topological polar surface area (TPSA) is 94.1 Å².